The highest BCUT2D eigenvalue weighted by Gasteiger charge is 2.40. The van der Waals surface area contributed by atoms with Crippen LogP contribution in [0.1, 0.15) is 30.9 Å². The Balaban J connectivity index is 1.69. The summed E-state index contributed by atoms with van der Waals surface area (Å²) in [7, 11) is 3.20. The molecular formula is C28H27N3O4. The van der Waals surface area contributed by atoms with Crippen LogP contribution in [0.5, 0.6) is 11.5 Å². The summed E-state index contributed by atoms with van der Waals surface area (Å²) in [5.74, 6) is 1.34. The Bertz CT molecular complexity index is 1300. The lowest BCUT2D eigenvalue weighted by Gasteiger charge is -2.34. The van der Waals surface area contributed by atoms with Crippen molar-refractivity contribution in [3.05, 3.63) is 89.6 Å². The smallest absolute Gasteiger partial charge is 0.327 e. The first-order chi connectivity index (χ1) is 17.1. The van der Waals surface area contributed by atoms with Crippen molar-refractivity contribution < 1.29 is 19.1 Å². The number of hydrogen-bond donors (Lipinski definition) is 2. The van der Waals surface area contributed by atoms with Crippen molar-refractivity contribution in [2.45, 2.75) is 25.3 Å². The molecule has 7 nitrogen and oxygen atoms in total. The highest BCUT2D eigenvalue weighted by molar-refractivity contribution is 6.09. The van der Waals surface area contributed by atoms with Crippen molar-refractivity contribution in [3.63, 3.8) is 0 Å². The zero-order valence-corrected chi connectivity index (χ0v) is 19.7. The van der Waals surface area contributed by atoms with Gasteiger partial charge in [-0.3, -0.25) is 9.69 Å². The summed E-state index contributed by atoms with van der Waals surface area (Å²) < 4.78 is 10.9. The molecule has 2 N–H and O–H groups in total. The summed E-state index contributed by atoms with van der Waals surface area (Å²) in [6.07, 6.45) is 1.94. The van der Waals surface area contributed by atoms with Gasteiger partial charge < -0.3 is 20.1 Å². The average Bonchev–Trinajstić information content (AvgIpc) is 3.04. The van der Waals surface area contributed by atoms with Gasteiger partial charge in [-0.25, -0.2) is 4.79 Å². The highest BCUT2D eigenvalue weighted by Crippen LogP contribution is 2.46. The van der Waals surface area contributed by atoms with E-state index in [4.69, 9.17) is 9.47 Å². The summed E-state index contributed by atoms with van der Waals surface area (Å²) in [6, 6.07) is 21.3. The van der Waals surface area contributed by atoms with Gasteiger partial charge in [0.2, 0.25) is 0 Å². The maximum atomic E-state index is 14.0. The van der Waals surface area contributed by atoms with Crippen molar-refractivity contribution in [1.82, 2.24) is 0 Å². The van der Waals surface area contributed by atoms with Gasteiger partial charge in [0.1, 0.15) is 11.5 Å². The first-order valence-electron chi connectivity index (χ1n) is 11.6. The summed E-state index contributed by atoms with van der Waals surface area (Å²) in [5.41, 5.74) is 4.27. The lowest BCUT2D eigenvalue weighted by molar-refractivity contribution is -0.116. The number of ketones is 1. The van der Waals surface area contributed by atoms with Crippen LogP contribution in [0.3, 0.4) is 0 Å². The van der Waals surface area contributed by atoms with Gasteiger partial charge in [0, 0.05) is 28.9 Å². The SMILES string of the molecule is COc1ccc(NC(=O)N2c3ccccc3NC3=C(C(=O)CCC3)[C@@H]2c2ccccc2OC)cc1. The predicted molar refractivity (Wildman–Crippen MR) is 136 cm³/mol. The fourth-order valence-corrected chi connectivity index (χ4v) is 4.80. The van der Waals surface area contributed by atoms with E-state index in [9.17, 15) is 9.59 Å². The third-order valence-corrected chi connectivity index (χ3v) is 6.43. The van der Waals surface area contributed by atoms with E-state index < -0.39 is 6.04 Å². The average molecular weight is 470 g/mol. The monoisotopic (exact) mass is 469 g/mol. The van der Waals surface area contributed by atoms with Crippen LogP contribution >= 0.6 is 0 Å². The Labute approximate surface area is 204 Å². The molecule has 1 aliphatic heterocycles. The standard InChI is InChI=1S/C28H27N3O4/c1-34-19-16-14-18(15-17-19)29-28(33)31-23-11-5-4-9-21(23)30-22-10-7-12-24(32)26(22)27(31)20-8-3-6-13-25(20)35-2/h3-6,8-9,11,13-17,27,30H,7,10,12H2,1-2H3,(H,29,33)/t27-/m0/s1. The zero-order valence-electron chi connectivity index (χ0n) is 19.7. The molecule has 0 aromatic heterocycles. The Hall–Kier alpha value is -4.26. The first-order valence-corrected chi connectivity index (χ1v) is 11.6. The van der Waals surface area contributed by atoms with E-state index in [0.29, 0.717) is 34.9 Å². The third-order valence-electron chi connectivity index (χ3n) is 6.43. The number of urea groups is 1. The number of fused-ring (bicyclic) bond motifs is 1. The van der Waals surface area contributed by atoms with Gasteiger partial charge in [-0.05, 0) is 55.3 Å². The topological polar surface area (TPSA) is 79.9 Å². The summed E-state index contributed by atoms with van der Waals surface area (Å²) in [6.45, 7) is 0. The molecule has 0 fully saturated rings. The van der Waals surface area contributed by atoms with Crippen molar-refractivity contribution in [3.8, 4) is 11.5 Å². The van der Waals surface area contributed by atoms with Crippen molar-refractivity contribution >= 4 is 28.9 Å². The van der Waals surface area contributed by atoms with Crippen molar-refractivity contribution in [2.24, 2.45) is 0 Å². The molecule has 0 radical (unpaired) electrons. The number of allylic oxidation sites excluding steroid dienone is 1. The van der Waals surface area contributed by atoms with Crippen LogP contribution in [0.2, 0.25) is 0 Å². The first kappa shape index (κ1) is 22.5. The third kappa shape index (κ3) is 4.21. The summed E-state index contributed by atoms with van der Waals surface area (Å²) >= 11 is 0. The molecule has 35 heavy (non-hydrogen) atoms. The Morgan fingerprint density at radius 2 is 1.69 bits per heavy atom. The highest BCUT2D eigenvalue weighted by atomic mass is 16.5. The number of carbonyl (C=O) groups excluding carboxylic acids is 2. The van der Waals surface area contributed by atoms with Gasteiger partial charge in [-0.2, -0.15) is 0 Å². The van der Waals surface area contributed by atoms with E-state index in [1.54, 1.807) is 43.4 Å². The number of methoxy groups -OCH3 is 2. The fraction of sp³-hybridized carbons (Fsp3) is 0.214. The molecule has 2 amide bonds. The van der Waals surface area contributed by atoms with E-state index in [1.807, 2.05) is 48.5 Å². The maximum absolute atomic E-state index is 14.0. The van der Waals surface area contributed by atoms with Crippen LogP contribution in [-0.4, -0.2) is 26.0 Å². The molecule has 3 aromatic carbocycles. The summed E-state index contributed by atoms with van der Waals surface area (Å²) in [5, 5.41) is 6.48. The number of ether oxygens (including phenoxy) is 2. The minimum Gasteiger partial charge on any atom is -0.497 e. The lowest BCUT2D eigenvalue weighted by Crippen LogP contribution is -2.40. The van der Waals surface area contributed by atoms with Crippen LogP contribution in [0.4, 0.5) is 21.9 Å². The largest absolute Gasteiger partial charge is 0.497 e. The molecule has 178 valence electrons. The molecule has 1 aliphatic carbocycles. The minimum atomic E-state index is -0.664. The van der Waals surface area contributed by atoms with Gasteiger partial charge >= 0.3 is 6.03 Å². The van der Waals surface area contributed by atoms with E-state index in [0.717, 1.165) is 29.8 Å². The second-order valence-corrected chi connectivity index (χ2v) is 8.48. The van der Waals surface area contributed by atoms with Crippen molar-refractivity contribution in [1.29, 1.82) is 0 Å². The van der Waals surface area contributed by atoms with Gasteiger partial charge in [0.05, 0.1) is 31.6 Å². The molecule has 7 heteroatoms. The molecule has 0 saturated heterocycles. The second kappa shape index (κ2) is 9.54. The van der Waals surface area contributed by atoms with Crippen LogP contribution in [0.15, 0.2) is 84.1 Å². The molecule has 5 rings (SSSR count). The molecule has 0 saturated carbocycles. The van der Waals surface area contributed by atoms with E-state index in [1.165, 1.54) is 0 Å². The van der Waals surface area contributed by atoms with Crippen LogP contribution < -0.4 is 25.0 Å². The van der Waals surface area contributed by atoms with Crippen molar-refractivity contribution in [2.75, 3.05) is 29.8 Å². The fourth-order valence-electron chi connectivity index (χ4n) is 4.80. The molecule has 2 aliphatic rings. The van der Waals surface area contributed by atoms with Gasteiger partial charge in [-0.15, -0.1) is 0 Å². The molecule has 1 atom stereocenters. The normalized spacial score (nSPS) is 17.0. The number of benzene rings is 3. The quantitative estimate of drug-likeness (QED) is 0.496. The van der Waals surface area contributed by atoms with E-state index in [2.05, 4.69) is 10.6 Å². The molecule has 0 bridgehead atoms. The van der Waals surface area contributed by atoms with Gasteiger partial charge in [-0.1, -0.05) is 30.3 Å². The number of hydrogen-bond acceptors (Lipinski definition) is 5. The molecule has 1 heterocycles. The minimum absolute atomic E-state index is 0.0321. The Morgan fingerprint density at radius 1 is 0.943 bits per heavy atom. The molecule has 0 spiro atoms. The van der Waals surface area contributed by atoms with E-state index >= 15 is 0 Å². The lowest BCUT2D eigenvalue weighted by atomic mass is 9.85. The van der Waals surface area contributed by atoms with Crippen LogP contribution in [0, 0.1) is 0 Å². The summed E-state index contributed by atoms with van der Waals surface area (Å²) in [4.78, 5) is 29.0. The number of nitrogens with one attached hydrogen (secondary N) is 2. The molecule has 0 unspecified atom stereocenters. The predicted octanol–water partition coefficient (Wildman–Crippen LogP) is 5.92. The number of rotatable bonds is 4. The van der Waals surface area contributed by atoms with Gasteiger partial charge in [0.15, 0.2) is 5.78 Å². The van der Waals surface area contributed by atoms with E-state index in [-0.39, 0.29) is 11.8 Å². The number of anilines is 3. The number of carbonyl (C=O) groups is 2. The zero-order chi connectivity index (χ0) is 24.4. The number of nitrogens with zero attached hydrogens (tertiary/aromatic N) is 1. The molecular weight excluding hydrogens is 442 g/mol. The van der Waals surface area contributed by atoms with Crippen LogP contribution in [0.25, 0.3) is 0 Å². The van der Waals surface area contributed by atoms with Gasteiger partial charge in [0.25, 0.3) is 0 Å². The number of para-hydroxylation sites is 3. The van der Waals surface area contributed by atoms with Crippen LogP contribution in [-0.2, 0) is 4.79 Å². The maximum Gasteiger partial charge on any atom is 0.327 e. The number of amides is 2. The Kier molecular flexibility index (Phi) is 6.14. The Morgan fingerprint density at radius 3 is 2.46 bits per heavy atom. The second-order valence-electron chi connectivity index (χ2n) is 8.48. The molecule has 3 aromatic rings. The number of Topliss-reactive ketones (excluding diaryl/α,β-unsaturated/α-hetero) is 1.